The van der Waals surface area contributed by atoms with E-state index in [1.54, 1.807) is 35.9 Å². The highest BCUT2D eigenvalue weighted by atomic mass is 35.5. The maximum Gasteiger partial charge on any atom is 0.159 e. The first-order valence-electron chi connectivity index (χ1n) is 9.79. The predicted octanol–water partition coefficient (Wildman–Crippen LogP) is 3.38. The molecule has 1 fully saturated rings. The second-order valence-electron chi connectivity index (χ2n) is 7.43. The summed E-state index contributed by atoms with van der Waals surface area (Å²) in [6.45, 7) is 1.86. The number of hydrogen-bond donors (Lipinski definition) is 3. The zero-order chi connectivity index (χ0) is 21.3. The van der Waals surface area contributed by atoms with Gasteiger partial charge in [-0.3, -0.25) is 0 Å². The number of aliphatic hydroxyl groups excluding tert-OH is 3. The second kappa shape index (κ2) is 9.09. The smallest absolute Gasteiger partial charge is 0.159 e. The first-order valence-corrected chi connectivity index (χ1v) is 11.1. The van der Waals surface area contributed by atoms with Gasteiger partial charge in [0, 0.05) is 34.8 Å². The summed E-state index contributed by atoms with van der Waals surface area (Å²) in [4.78, 5) is 8.88. The molecule has 3 heterocycles. The molecule has 1 aliphatic rings. The number of halogens is 1. The zero-order valence-electron chi connectivity index (χ0n) is 16.4. The molecule has 1 aliphatic heterocycles. The highest BCUT2D eigenvalue weighted by Gasteiger charge is 2.43. The zero-order valence-corrected chi connectivity index (χ0v) is 17.9. The molecule has 0 aliphatic carbocycles. The van der Waals surface area contributed by atoms with Gasteiger partial charge in [0.15, 0.2) is 5.82 Å². The minimum Gasteiger partial charge on any atom is -0.388 e. The van der Waals surface area contributed by atoms with Crippen LogP contribution in [-0.2, 0) is 11.2 Å². The van der Waals surface area contributed by atoms with E-state index in [0.29, 0.717) is 29.3 Å². The molecule has 8 heteroatoms. The predicted molar refractivity (Wildman–Crippen MR) is 116 cm³/mol. The van der Waals surface area contributed by atoms with Gasteiger partial charge in [-0.25, -0.2) is 9.97 Å². The van der Waals surface area contributed by atoms with Crippen LogP contribution in [0, 0.1) is 0 Å². The first kappa shape index (κ1) is 21.4. The lowest BCUT2D eigenvalue weighted by Crippen LogP contribution is -2.53. The number of aliphatic hydroxyl groups is 3. The van der Waals surface area contributed by atoms with Crippen LogP contribution in [0.3, 0.4) is 0 Å². The summed E-state index contributed by atoms with van der Waals surface area (Å²) in [5, 5.41) is 35.3. The number of hydrogen-bond acceptors (Lipinski definition) is 7. The minimum absolute atomic E-state index is 0.516. The number of benzene rings is 1. The molecule has 0 bridgehead atoms. The first-order chi connectivity index (χ1) is 14.5. The Labute approximate surface area is 183 Å². The van der Waals surface area contributed by atoms with E-state index in [2.05, 4.69) is 9.97 Å². The van der Waals surface area contributed by atoms with Gasteiger partial charge in [0.25, 0.3) is 0 Å². The fraction of sp³-hybridized carbons (Fsp3) is 0.364. The Morgan fingerprint density at radius 2 is 1.83 bits per heavy atom. The van der Waals surface area contributed by atoms with Gasteiger partial charge in [-0.1, -0.05) is 30.7 Å². The van der Waals surface area contributed by atoms with Gasteiger partial charge in [0.2, 0.25) is 0 Å². The molecular weight excluding hydrogens is 424 g/mol. The molecule has 2 aromatic heterocycles. The molecule has 1 saturated heterocycles. The Morgan fingerprint density at radius 1 is 1.07 bits per heavy atom. The SMILES string of the molecule is CC[C@H]1O[C@@H](c2ccc(Cl)c(Cc3cnc(-c4ccsc4)nc3)c2)[C@H](O)[C@@H](O)[C@@H]1O. The van der Waals surface area contributed by atoms with Crippen LogP contribution in [0.4, 0.5) is 0 Å². The van der Waals surface area contributed by atoms with E-state index in [4.69, 9.17) is 16.3 Å². The van der Waals surface area contributed by atoms with Crippen LogP contribution in [0.25, 0.3) is 11.4 Å². The fourth-order valence-electron chi connectivity index (χ4n) is 3.68. The summed E-state index contributed by atoms with van der Waals surface area (Å²) in [7, 11) is 0. The molecule has 5 atom stereocenters. The highest BCUT2D eigenvalue weighted by Crippen LogP contribution is 2.35. The Morgan fingerprint density at radius 3 is 2.50 bits per heavy atom. The van der Waals surface area contributed by atoms with Gasteiger partial charge < -0.3 is 20.1 Å². The van der Waals surface area contributed by atoms with E-state index in [0.717, 1.165) is 16.7 Å². The number of rotatable bonds is 5. The van der Waals surface area contributed by atoms with Crippen molar-refractivity contribution in [1.82, 2.24) is 9.97 Å². The summed E-state index contributed by atoms with van der Waals surface area (Å²) < 4.78 is 5.89. The van der Waals surface area contributed by atoms with E-state index < -0.39 is 30.5 Å². The molecule has 0 unspecified atom stereocenters. The number of nitrogens with zero attached hydrogens (tertiary/aromatic N) is 2. The third kappa shape index (κ3) is 4.27. The van der Waals surface area contributed by atoms with Crippen LogP contribution in [0.1, 0.15) is 36.1 Å². The molecule has 30 heavy (non-hydrogen) atoms. The lowest BCUT2D eigenvalue weighted by molar-refractivity contribution is -0.225. The summed E-state index contributed by atoms with van der Waals surface area (Å²) in [6, 6.07) is 7.36. The van der Waals surface area contributed by atoms with Crippen LogP contribution in [0.5, 0.6) is 0 Å². The average molecular weight is 447 g/mol. The molecule has 0 amide bonds. The van der Waals surface area contributed by atoms with Gasteiger partial charge in [-0.05, 0) is 40.6 Å². The summed E-state index contributed by atoms with van der Waals surface area (Å²) in [6.07, 6.45) is -0.322. The van der Waals surface area contributed by atoms with Crippen LogP contribution in [0.15, 0.2) is 47.4 Å². The average Bonchev–Trinajstić information content (AvgIpc) is 3.30. The van der Waals surface area contributed by atoms with Gasteiger partial charge in [-0.15, -0.1) is 0 Å². The van der Waals surface area contributed by atoms with Gasteiger partial charge >= 0.3 is 0 Å². The molecule has 0 spiro atoms. The second-order valence-corrected chi connectivity index (χ2v) is 8.62. The van der Waals surface area contributed by atoms with Crippen molar-refractivity contribution in [2.24, 2.45) is 0 Å². The minimum atomic E-state index is -1.27. The maximum absolute atomic E-state index is 10.5. The van der Waals surface area contributed by atoms with Gasteiger partial charge in [0.05, 0.1) is 6.10 Å². The van der Waals surface area contributed by atoms with Crippen molar-refractivity contribution in [2.75, 3.05) is 0 Å². The fourth-order valence-corrected chi connectivity index (χ4v) is 4.50. The Hall–Kier alpha value is -1.87. The quantitative estimate of drug-likeness (QED) is 0.556. The largest absolute Gasteiger partial charge is 0.388 e. The number of ether oxygens (including phenoxy) is 1. The summed E-state index contributed by atoms with van der Waals surface area (Å²) in [5.74, 6) is 0.678. The van der Waals surface area contributed by atoms with Crippen LogP contribution >= 0.6 is 22.9 Å². The van der Waals surface area contributed by atoms with Gasteiger partial charge in [-0.2, -0.15) is 11.3 Å². The normalized spacial score (nSPS) is 26.6. The molecule has 0 saturated carbocycles. The van der Waals surface area contributed by atoms with Crippen molar-refractivity contribution in [3.63, 3.8) is 0 Å². The lowest BCUT2D eigenvalue weighted by Gasteiger charge is -2.40. The molecule has 0 radical (unpaired) electrons. The Bertz CT molecular complexity index is 981. The van der Waals surface area contributed by atoms with Crippen molar-refractivity contribution in [3.8, 4) is 11.4 Å². The van der Waals surface area contributed by atoms with E-state index >= 15 is 0 Å². The lowest BCUT2D eigenvalue weighted by atomic mass is 9.89. The van der Waals surface area contributed by atoms with Crippen molar-refractivity contribution in [1.29, 1.82) is 0 Å². The standard InChI is InChI=1S/C22H23ClN2O4S/c1-2-17-18(26)19(27)20(28)21(29-17)13-3-4-16(23)15(8-13)7-12-9-24-22(25-10-12)14-5-6-30-11-14/h3-6,8-11,17-21,26-28H,2,7H2,1H3/t17-,18-,19+,20-,21+/m1/s1. The summed E-state index contributed by atoms with van der Waals surface area (Å²) in [5.41, 5.74) is 3.42. The van der Waals surface area contributed by atoms with Crippen molar-refractivity contribution in [2.45, 2.75) is 50.3 Å². The molecule has 4 rings (SSSR count). The van der Waals surface area contributed by atoms with Crippen molar-refractivity contribution < 1.29 is 20.1 Å². The topological polar surface area (TPSA) is 95.7 Å². The maximum atomic E-state index is 10.5. The molecule has 6 nitrogen and oxygen atoms in total. The number of thiophene rings is 1. The van der Waals surface area contributed by atoms with Crippen LogP contribution in [-0.4, -0.2) is 49.7 Å². The third-order valence-electron chi connectivity index (χ3n) is 5.39. The van der Waals surface area contributed by atoms with Crippen LogP contribution < -0.4 is 0 Å². The molecule has 1 aromatic carbocycles. The summed E-state index contributed by atoms with van der Waals surface area (Å²) >= 11 is 8.01. The highest BCUT2D eigenvalue weighted by molar-refractivity contribution is 7.08. The van der Waals surface area contributed by atoms with Crippen molar-refractivity contribution in [3.05, 3.63) is 69.1 Å². The number of aromatic nitrogens is 2. The van der Waals surface area contributed by atoms with E-state index in [1.165, 1.54) is 0 Å². The Balaban J connectivity index is 1.56. The van der Waals surface area contributed by atoms with E-state index in [9.17, 15) is 15.3 Å². The molecule has 158 valence electrons. The molecule has 3 N–H and O–H groups in total. The van der Waals surface area contributed by atoms with E-state index in [1.807, 2.05) is 29.8 Å². The van der Waals surface area contributed by atoms with Crippen molar-refractivity contribution >= 4 is 22.9 Å². The molecular formula is C22H23ClN2O4S. The van der Waals surface area contributed by atoms with E-state index in [-0.39, 0.29) is 0 Å². The third-order valence-corrected chi connectivity index (χ3v) is 6.44. The monoisotopic (exact) mass is 446 g/mol. The van der Waals surface area contributed by atoms with Gasteiger partial charge in [0.1, 0.15) is 24.4 Å². The Kier molecular flexibility index (Phi) is 6.48. The molecule has 3 aromatic rings. The van der Waals surface area contributed by atoms with Crippen LogP contribution in [0.2, 0.25) is 5.02 Å².